The quantitative estimate of drug-likeness (QED) is 0.896. The second-order valence-electron chi connectivity index (χ2n) is 4.06. The van der Waals surface area contributed by atoms with Gasteiger partial charge in [0.25, 0.3) is 5.91 Å². The summed E-state index contributed by atoms with van der Waals surface area (Å²) in [6.45, 7) is 4.05. The summed E-state index contributed by atoms with van der Waals surface area (Å²) in [6, 6.07) is 2.08. The summed E-state index contributed by atoms with van der Waals surface area (Å²) in [7, 11) is 1.87. The Labute approximate surface area is 111 Å². The van der Waals surface area contributed by atoms with Gasteiger partial charge in [0, 0.05) is 29.4 Å². The van der Waals surface area contributed by atoms with Crippen molar-refractivity contribution in [2.24, 2.45) is 0 Å². The maximum absolute atomic E-state index is 12.3. The number of hydrogen-bond donors (Lipinski definition) is 1. The number of amides is 1. The van der Waals surface area contributed by atoms with Gasteiger partial charge in [-0.15, -0.1) is 11.3 Å². The van der Waals surface area contributed by atoms with Gasteiger partial charge in [0.15, 0.2) is 0 Å². The predicted octanol–water partition coefficient (Wildman–Crippen LogP) is 2.85. The van der Waals surface area contributed by atoms with Crippen molar-refractivity contribution in [2.75, 3.05) is 24.8 Å². The van der Waals surface area contributed by atoms with Gasteiger partial charge >= 0.3 is 0 Å². The van der Waals surface area contributed by atoms with E-state index < -0.39 is 0 Å². The van der Waals surface area contributed by atoms with Crippen molar-refractivity contribution < 1.29 is 4.79 Å². The molecule has 1 rings (SSSR count). The molecule has 0 radical (unpaired) electrons. The molecular formula is C12H20N2OS2. The number of anilines is 1. The summed E-state index contributed by atoms with van der Waals surface area (Å²) in [5.41, 5.74) is 6.49. The highest BCUT2D eigenvalue weighted by Gasteiger charge is 2.21. The fourth-order valence-corrected chi connectivity index (χ4v) is 3.41. The Morgan fingerprint density at radius 3 is 2.71 bits per heavy atom. The first-order chi connectivity index (χ1) is 8.01. The number of carbonyl (C=O) groups excluding carboxylic acids is 1. The third-order valence-electron chi connectivity index (χ3n) is 2.87. The van der Waals surface area contributed by atoms with E-state index in [0.29, 0.717) is 11.7 Å². The molecule has 5 heteroatoms. The van der Waals surface area contributed by atoms with Gasteiger partial charge in [-0.25, -0.2) is 0 Å². The topological polar surface area (TPSA) is 46.3 Å². The van der Waals surface area contributed by atoms with Crippen molar-refractivity contribution in [3.63, 3.8) is 0 Å². The molecule has 0 bridgehead atoms. The maximum atomic E-state index is 12.3. The molecule has 1 amide bonds. The third-order valence-corrected chi connectivity index (χ3v) is 4.64. The lowest BCUT2D eigenvalue weighted by Gasteiger charge is -2.26. The van der Waals surface area contributed by atoms with Crippen LogP contribution in [0.4, 0.5) is 5.69 Å². The van der Waals surface area contributed by atoms with Crippen LogP contribution in [0.2, 0.25) is 0 Å². The van der Waals surface area contributed by atoms with E-state index in [1.807, 2.05) is 18.9 Å². The summed E-state index contributed by atoms with van der Waals surface area (Å²) in [5, 5.41) is 0. The Morgan fingerprint density at radius 1 is 1.65 bits per heavy atom. The summed E-state index contributed by atoms with van der Waals surface area (Å²) >= 11 is 3.24. The molecule has 0 aliphatic heterocycles. The minimum atomic E-state index is 0.0794. The highest BCUT2D eigenvalue weighted by molar-refractivity contribution is 7.98. The zero-order valence-corrected chi connectivity index (χ0v) is 12.5. The summed E-state index contributed by atoms with van der Waals surface area (Å²) in [6.07, 6.45) is 3.04. The molecule has 2 N–H and O–H groups in total. The number of thiophene rings is 1. The SMILES string of the molecule is CCC(CSC)N(C)C(=O)c1cc(N)c(C)s1. The first-order valence-electron chi connectivity index (χ1n) is 5.63. The molecule has 17 heavy (non-hydrogen) atoms. The zero-order valence-electron chi connectivity index (χ0n) is 10.8. The Kier molecular flexibility index (Phi) is 5.33. The average Bonchev–Trinajstić information content (AvgIpc) is 2.64. The number of nitrogens with two attached hydrogens (primary N) is 1. The number of nitrogen functional groups attached to an aromatic ring is 1. The molecule has 3 nitrogen and oxygen atoms in total. The molecule has 1 unspecified atom stereocenters. The van der Waals surface area contributed by atoms with Crippen LogP contribution in [-0.4, -0.2) is 35.9 Å². The van der Waals surface area contributed by atoms with Gasteiger partial charge in [-0.3, -0.25) is 4.79 Å². The van der Waals surface area contributed by atoms with Crippen LogP contribution in [0.1, 0.15) is 27.9 Å². The van der Waals surface area contributed by atoms with Crippen molar-refractivity contribution >= 4 is 34.7 Å². The number of thioether (sulfide) groups is 1. The van der Waals surface area contributed by atoms with E-state index in [1.54, 1.807) is 17.8 Å². The van der Waals surface area contributed by atoms with Crippen molar-refractivity contribution in [3.05, 3.63) is 15.8 Å². The highest BCUT2D eigenvalue weighted by Crippen LogP contribution is 2.25. The monoisotopic (exact) mass is 272 g/mol. The standard InChI is InChI=1S/C12H20N2OS2/c1-5-9(7-16-4)14(3)12(15)11-6-10(13)8(2)17-11/h6,9H,5,7,13H2,1-4H3. The fraction of sp³-hybridized carbons (Fsp3) is 0.583. The molecule has 0 aliphatic rings. The molecule has 0 saturated heterocycles. The molecule has 1 heterocycles. The van der Waals surface area contributed by atoms with Crippen molar-refractivity contribution in [3.8, 4) is 0 Å². The lowest BCUT2D eigenvalue weighted by atomic mass is 10.2. The van der Waals surface area contributed by atoms with Crippen molar-refractivity contribution in [1.82, 2.24) is 4.90 Å². The van der Waals surface area contributed by atoms with Crippen LogP contribution < -0.4 is 5.73 Å². The first-order valence-corrected chi connectivity index (χ1v) is 7.84. The van der Waals surface area contributed by atoms with Gasteiger partial charge < -0.3 is 10.6 Å². The molecule has 1 aromatic heterocycles. The summed E-state index contributed by atoms with van der Waals surface area (Å²) in [5.74, 6) is 1.05. The first kappa shape index (κ1) is 14.4. The second kappa shape index (κ2) is 6.31. The lowest BCUT2D eigenvalue weighted by molar-refractivity contribution is 0.0748. The molecule has 0 aromatic carbocycles. The van der Waals surface area contributed by atoms with Crippen molar-refractivity contribution in [2.45, 2.75) is 26.3 Å². The van der Waals surface area contributed by atoms with Gasteiger partial charge in [-0.2, -0.15) is 11.8 Å². The summed E-state index contributed by atoms with van der Waals surface area (Å²) < 4.78 is 0. The van der Waals surface area contributed by atoms with E-state index >= 15 is 0 Å². The van der Waals surface area contributed by atoms with Crippen LogP contribution in [0.3, 0.4) is 0 Å². The smallest absolute Gasteiger partial charge is 0.264 e. The zero-order chi connectivity index (χ0) is 13.0. The van der Waals surface area contributed by atoms with E-state index in [9.17, 15) is 4.79 Å². The molecule has 0 spiro atoms. The van der Waals surface area contributed by atoms with Crippen LogP contribution in [0.5, 0.6) is 0 Å². The van der Waals surface area contributed by atoms with E-state index in [-0.39, 0.29) is 5.91 Å². The van der Waals surface area contributed by atoms with Crippen LogP contribution in [0.25, 0.3) is 0 Å². The average molecular weight is 272 g/mol. The van der Waals surface area contributed by atoms with Crippen molar-refractivity contribution in [1.29, 1.82) is 0 Å². The number of carbonyl (C=O) groups is 1. The fourth-order valence-electron chi connectivity index (χ4n) is 1.64. The van der Waals surface area contributed by atoms with Crippen LogP contribution in [0, 0.1) is 6.92 Å². The van der Waals surface area contributed by atoms with E-state index in [1.165, 1.54) is 11.3 Å². The molecule has 0 fully saturated rings. The third kappa shape index (κ3) is 3.39. The van der Waals surface area contributed by atoms with Gasteiger partial charge in [0.2, 0.25) is 0 Å². The number of hydrogen-bond acceptors (Lipinski definition) is 4. The maximum Gasteiger partial charge on any atom is 0.264 e. The summed E-state index contributed by atoms with van der Waals surface area (Å²) in [4.78, 5) is 15.8. The van der Waals surface area contributed by atoms with E-state index in [2.05, 4.69) is 13.2 Å². The largest absolute Gasteiger partial charge is 0.398 e. The molecule has 1 atom stereocenters. The van der Waals surface area contributed by atoms with Gasteiger partial charge in [-0.05, 0) is 25.7 Å². The van der Waals surface area contributed by atoms with E-state index in [4.69, 9.17) is 5.73 Å². The van der Waals surface area contributed by atoms with Crippen LogP contribution in [0.15, 0.2) is 6.07 Å². The minimum Gasteiger partial charge on any atom is -0.398 e. The Morgan fingerprint density at radius 2 is 2.29 bits per heavy atom. The molecule has 0 aliphatic carbocycles. The second-order valence-corrected chi connectivity index (χ2v) is 6.22. The Hall–Kier alpha value is -0.680. The molecule has 1 aromatic rings. The minimum absolute atomic E-state index is 0.0794. The normalized spacial score (nSPS) is 12.5. The van der Waals surface area contributed by atoms with Gasteiger partial charge in [0.1, 0.15) is 0 Å². The Balaban J connectivity index is 2.81. The molecular weight excluding hydrogens is 252 g/mol. The van der Waals surface area contributed by atoms with Crippen LogP contribution in [-0.2, 0) is 0 Å². The van der Waals surface area contributed by atoms with Gasteiger partial charge in [-0.1, -0.05) is 6.92 Å². The molecule has 0 saturated carbocycles. The van der Waals surface area contributed by atoms with Crippen LogP contribution >= 0.6 is 23.1 Å². The lowest BCUT2D eigenvalue weighted by Crippen LogP contribution is -2.37. The highest BCUT2D eigenvalue weighted by atomic mass is 32.2. The van der Waals surface area contributed by atoms with E-state index in [0.717, 1.165) is 21.9 Å². The molecule has 96 valence electrons. The number of aryl methyl sites for hydroxylation is 1. The number of rotatable bonds is 5. The number of nitrogens with zero attached hydrogens (tertiary/aromatic N) is 1. The Bertz CT molecular complexity index is 370. The van der Waals surface area contributed by atoms with Gasteiger partial charge in [0.05, 0.1) is 4.88 Å². The predicted molar refractivity (Wildman–Crippen MR) is 78.0 cm³/mol.